The van der Waals surface area contributed by atoms with Crippen LogP contribution in [-0.2, 0) is 11.4 Å². The van der Waals surface area contributed by atoms with Crippen LogP contribution in [0.15, 0.2) is 88.5 Å². The first-order valence-electron chi connectivity index (χ1n) is 11.2. The largest absolute Gasteiger partial charge is 0.391 e. The number of hydrogen-bond acceptors (Lipinski definition) is 6. The monoisotopic (exact) mass is 438 g/mol. The first-order valence-corrected chi connectivity index (χ1v) is 11.2. The standard InChI is InChI=1S/C27H26N4O2/c1-19(30-32-18-20-7-9-23(10-8-20)22-5-3-2-4-6-22)21-11-13-24(14-12-21)26-29-27(33-31-26)25-15-16-28-17-25/h2-14,25,28H,15-18H2,1H3/b30-19+/t25-/m1/s1. The van der Waals surface area contributed by atoms with Crippen LogP contribution in [-0.4, -0.2) is 28.9 Å². The van der Waals surface area contributed by atoms with Gasteiger partial charge in [-0.1, -0.05) is 89.2 Å². The lowest BCUT2D eigenvalue weighted by molar-refractivity contribution is 0.130. The fourth-order valence-electron chi connectivity index (χ4n) is 3.92. The molecule has 0 bridgehead atoms. The van der Waals surface area contributed by atoms with Gasteiger partial charge in [0, 0.05) is 12.1 Å². The quantitative estimate of drug-likeness (QED) is 0.308. The lowest BCUT2D eigenvalue weighted by Crippen LogP contribution is -2.08. The highest BCUT2D eigenvalue weighted by Gasteiger charge is 2.23. The van der Waals surface area contributed by atoms with Crippen molar-refractivity contribution < 1.29 is 9.36 Å². The van der Waals surface area contributed by atoms with Crippen LogP contribution in [0.4, 0.5) is 0 Å². The second-order valence-corrected chi connectivity index (χ2v) is 8.24. The lowest BCUT2D eigenvalue weighted by Gasteiger charge is -2.05. The van der Waals surface area contributed by atoms with E-state index in [1.54, 1.807) is 0 Å². The van der Waals surface area contributed by atoms with Gasteiger partial charge in [-0.15, -0.1) is 0 Å². The van der Waals surface area contributed by atoms with Gasteiger partial charge in [0.25, 0.3) is 0 Å². The summed E-state index contributed by atoms with van der Waals surface area (Å²) in [5.41, 5.74) is 6.19. The van der Waals surface area contributed by atoms with E-state index in [2.05, 4.69) is 57.0 Å². The van der Waals surface area contributed by atoms with Crippen molar-refractivity contribution in [2.75, 3.05) is 13.1 Å². The molecule has 0 radical (unpaired) electrons. The van der Waals surface area contributed by atoms with E-state index in [9.17, 15) is 0 Å². The molecular weight excluding hydrogens is 412 g/mol. The van der Waals surface area contributed by atoms with Gasteiger partial charge in [0.05, 0.1) is 11.6 Å². The number of rotatable bonds is 7. The van der Waals surface area contributed by atoms with Crippen molar-refractivity contribution in [3.05, 3.63) is 95.9 Å². The summed E-state index contributed by atoms with van der Waals surface area (Å²) in [5.74, 6) is 1.64. The first kappa shape index (κ1) is 21.1. The molecule has 33 heavy (non-hydrogen) atoms. The van der Waals surface area contributed by atoms with E-state index in [1.165, 1.54) is 11.1 Å². The summed E-state index contributed by atoms with van der Waals surface area (Å²) >= 11 is 0. The Bertz CT molecular complexity index is 1210. The summed E-state index contributed by atoms with van der Waals surface area (Å²) in [7, 11) is 0. The number of hydrogen-bond donors (Lipinski definition) is 1. The molecule has 1 aromatic heterocycles. The summed E-state index contributed by atoms with van der Waals surface area (Å²) in [4.78, 5) is 10.2. The van der Waals surface area contributed by atoms with Crippen molar-refractivity contribution in [3.63, 3.8) is 0 Å². The molecule has 1 fully saturated rings. The smallest absolute Gasteiger partial charge is 0.231 e. The predicted molar refractivity (Wildman–Crippen MR) is 129 cm³/mol. The predicted octanol–water partition coefficient (Wildman–Crippen LogP) is 5.42. The Kier molecular flexibility index (Phi) is 6.26. The van der Waals surface area contributed by atoms with Crippen LogP contribution in [0.3, 0.4) is 0 Å². The number of aromatic nitrogens is 2. The maximum atomic E-state index is 5.60. The summed E-state index contributed by atoms with van der Waals surface area (Å²) in [6.45, 7) is 4.25. The molecule has 0 spiro atoms. The third kappa shape index (κ3) is 5.02. The maximum absolute atomic E-state index is 5.60. The van der Waals surface area contributed by atoms with Gasteiger partial charge in [0.1, 0.15) is 6.61 Å². The van der Waals surface area contributed by atoms with Gasteiger partial charge in [0.15, 0.2) is 0 Å². The minimum atomic E-state index is 0.312. The maximum Gasteiger partial charge on any atom is 0.231 e. The summed E-state index contributed by atoms with van der Waals surface area (Å²) in [5, 5.41) is 11.8. The number of benzene rings is 3. The van der Waals surface area contributed by atoms with Crippen molar-refractivity contribution in [2.45, 2.75) is 25.9 Å². The van der Waals surface area contributed by atoms with Gasteiger partial charge in [-0.2, -0.15) is 4.98 Å². The fourth-order valence-corrected chi connectivity index (χ4v) is 3.92. The van der Waals surface area contributed by atoms with Gasteiger partial charge in [-0.25, -0.2) is 0 Å². The zero-order valence-corrected chi connectivity index (χ0v) is 18.6. The van der Waals surface area contributed by atoms with Gasteiger partial charge in [0.2, 0.25) is 11.7 Å². The van der Waals surface area contributed by atoms with Gasteiger partial charge in [-0.05, 0) is 42.1 Å². The molecule has 0 aliphatic carbocycles. The zero-order chi connectivity index (χ0) is 22.5. The summed E-state index contributed by atoms with van der Waals surface area (Å²) < 4.78 is 5.46. The first-order chi connectivity index (χ1) is 16.3. The Labute approximate surface area is 193 Å². The van der Waals surface area contributed by atoms with E-state index >= 15 is 0 Å². The molecule has 1 N–H and O–H groups in total. The van der Waals surface area contributed by atoms with Gasteiger partial charge >= 0.3 is 0 Å². The fraction of sp³-hybridized carbons (Fsp3) is 0.222. The molecule has 4 aromatic rings. The SMILES string of the molecule is C/C(=N\OCc1ccc(-c2ccccc2)cc1)c1ccc(-c2noc([C@@H]3CCNC3)n2)cc1. The molecule has 0 unspecified atom stereocenters. The lowest BCUT2D eigenvalue weighted by atomic mass is 10.0. The van der Waals surface area contributed by atoms with Gasteiger partial charge in [-0.3, -0.25) is 0 Å². The minimum Gasteiger partial charge on any atom is -0.391 e. The Morgan fingerprint density at radius 2 is 1.70 bits per heavy atom. The third-order valence-corrected chi connectivity index (χ3v) is 5.91. The van der Waals surface area contributed by atoms with Crippen molar-refractivity contribution in [1.29, 1.82) is 0 Å². The number of nitrogens with zero attached hydrogens (tertiary/aromatic N) is 3. The van der Waals surface area contributed by atoms with E-state index in [0.29, 0.717) is 24.2 Å². The second kappa shape index (κ2) is 9.79. The van der Waals surface area contributed by atoms with Crippen molar-refractivity contribution in [1.82, 2.24) is 15.5 Å². The van der Waals surface area contributed by atoms with Gasteiger partial charge < -0.3 is 14.7 Å². The Morgan fingerprint density at radius 1 is 0.970 bits per heavy atom. The average Bonchev–Trinajstić information content (AvgIpc) is 3.58. The van der Waals surface area contributed by atoms with E-state index < -0.39 is 0 Å². The molecule has 3 aromatic carbocycles. The molecule has 1 aliphatic rings. The molecule has 6 nitrogen and oxygen atoms in total. The number of oxime groups is 1. The van der Waals surface area contributed by atoms with Crippen LogP contribution in [0.25, 0.3) is 22.5 Å². The molecule has 0 saturated carbocycles. The average molecular weight is 439 g/mol. The van der Waals surface area contributed by atoms with Crippen molar-refractivity contribution >= 4 is 5.71 Å². The van der Waals surface area contributed by atoms with Crippen LogP contribution in [0.1, 0.15) is 36.3 Å². The van der Waals surface area contributed by atoms with Crippen LogP contribution in [0, 0.1) is 0 Å². The van der Waals surface area contributed by atoms with E-state index in [1.807, 2.05) is 49.4 Å². The van der Waals surface area contributed by atoms with Crippen molar-refractivity contribution in [2.24, 2.45) is 5.16 Å². The van der Waals surface area contributed by atoms with Crippen LogP contribution >= 0.6 is 0 Å². The summed E-state index contributed by atoms with van der Waals surface area (Å²) in [6.07, 6.45) is 1.04. The van der Waals surface area contributed by atoms with Crippen LogP contribution in [0.5, 0.6) is 0 Å². The zero-order valence-electron chi connectivity index (χ0n) is 18.6. The molecule has 166 valence electrons. The summed E-state index contributed by atoms with van der Waals surface area (Å²) in [6, 6.07) is 26.7. The normalized spacial score (nSPS) is 16.2. The highest BCUT2D eigenvalue weighted by molar-refractivity contribution is 5.98. The van der Waals surface area contributed by atoms with E-state index in [4.69, 9.17) is 9.36 Å². The highest BCUT2D eigenvalue weighted by atomic mass is 16.6. The van der Waals surface area contributed by atoms with E-state index in [0.717, 1.165) is 41.9 Å². The minimum absolute atomic E-state index is 0.312. The topological polar surface area (TPSA) is 72.5 Å². The molecule has 1 aliphatic heterocycles. The second-order valence-electron chi connectivity index (χ2n) is 8.24. The molecule has 6 heteroatoms. The molecule has 0 amide bonds. The molecular formula is C27H26N4O2. The highest BCUT2D eigenvalue weighted by Crippen LogP contribution is 2.24. The van der Waals surface area contributed by atoms with Crippen molar-refractivity contribution in [3.8, 4) is 22.5 Å². The Morgan fingerprint density at radius 3 is 2.42 bits per heavy atom. The van der Waals surface area contributed by atoms with Crippen LogP contribution in [0.2, 0.25) is 0 Å². The number of nitrogens with one attached hydrogen (secondary N) is 1. The molecule has 1 saturated heterocycles. The molecule has 2 heterocycles. The molecule has 5 rings (SSSR count). The molecule has 1 atom stereocenters. The Balaban J connectivity index is 1.18. The third-order valence-electron chi connectivity index (χ3n) is 5.91. The van der Waals surface area contributed by atoms with E-state index in [-0.39, 0.29) is 0 Å². The van der Waals surface area contributed by atoms with Crippen LogP contribution < -0.4 is 5.32 Å². The Hall–Kier alpha value is -3.77.